The summed E-state index contributed by atoms with van der Waals surface area (Å²) in [6.07, 6.45) is 0. The van der Waals surface area contributed by atoms with Gasteiger partial charge in [-0.15, -0.1) is 22.7 Å². The zero-order chi connectivity index (χ0) is 14.9. The van der Waals surface area contributed by atoms with Crippen LogP contribution in [0.4, 0.5) is 0 Å². The van der Waals surface area contributed by atoms with E-state index < -0.39 is 0 Å². The molecule has 0 bridgehead atoms. The number of fused-ring (bicyclic) bond motifs is 1. The van der Waals surface area contributed by atoms with E-state index in [2.05, 4.69) is 44.5 Å². The second kappa shape index (κ2) is 6.12. The zero-order valence-corrected chi connectivity index (χ0v) is 15.2. The summed E-state index contributed by atoms with van der Waals surface area (Å²) in [5.74, 6) is 0. The Morgan fingerprint density at radius 2 is 1.73 bits per heavy atom. The summed E-state index contributed by atoms with van der Waals surface area (Å²) in [5, 5.41) is 2.10. The fourth-order valence-corrected chi connectivity index (χ4v) is 5.38. The Morgan fingerprint density at radius 3 is 2.55 bits per heavy atom. The summed E-state index contributed by atoms with van der Waals surface area (Å²) < 4.78 is 4.36. The van der Waals surface area contributed by atoms with E-state index in [0.29, 0.717) is 0 Å². The Bertz CT molecular complexity index is 895. The third kappa shape index (κ3) is 2.96. The van der Waals surface area contributed by atoms with Gasteiger partial charge < -0.3 is 0 Å². The van der Waals surface area contributed by atoms with E-state index in [0.717, 1.165) is 29.9 Å². The first-order chi connectivity index (χ1) is 10.8. The van der Waals surface area contributed by atoms with Crippen molar-refractivity contribution in [3.8, 4) is 11.3 Å². The number of halogens is 1. The third-order valence-electron chi connectivity index (χ3n) is 3.07. The van der Waals surface area contributed by atoms with Crippen LogP contribution < -0.4 is 0 Å². The topological polar surface area (TPSA) is 25.8 Å². The van der Waals surface area contributed by atoms with Crippen LogP contribution in [0, 0.1) is 0 Å². The maximum atomic E-state index is 4.71. The van der Waals surface area contributed by atoms with Gasteiger partial charge in [-0.1, -0.05) is 40.2 Å². The molecule has 0 atom stereocenters. The van der Waals surface area contributed by atoms with Crippen LogP contribution in [0.1, 0.15) is 0 Å². The molecule has 4 rings (SSSR count). The van der Waals surface area contributed by atoms with Crippen molar-refractivity contribution in [3.63, 3.8) is 0 Å². The highest BCUT2D eigenvalue weighted by atomic mass is 79.9. The van der Waals surface area contributed by atoms with Crippen LogP contribution in [0.5, 0.6) is 0 Å². The van der Waals surface area contributed by atoms with Gasteiger partial charge in [-0.25, -0.2) is 9.97 Å². The van der Waals surface area contributed by atoms with Crippen molar-refractivity contribution in [2.24, 2.45) is 0 Å². The molecule has 0 spiro atoms. The van der Waals surface area contributed by atoms with Crippen molar-refractivity contribution >= 4 is 60.6 Å². The number of rotatable bonds is 3. The summed E-state index contributed by atoms with van der Waals surface area (Å²) in [5.41, 5.74) is 3.21. The second-order valence-corrected chi connectivity index (χ2v) is 8.85. The maximum absolute atomic E-state index is 4.71. The molecule has 0 aliphatic heterocycles. The van der Waals surface area contributed by atoms with Crippen molar-refractivity contribution in [2.75, 3.05) is 0 Å². The van der Waals surface area contributed by atoms with Crippen molar-refractivity contribution in [3.05, 3.63) is 58.4 Å². The quantitative estimate of drug-likeness (QED) is 0.398. The van der Waals surface area contributed by atoms with E-state index in [-0.39, 0.29) is 0 Å². The first-order valence-corrected chi connectivity index (χ1v) is 9.83. The molecule has 108 valence electrons. The maximum Gasteiger partial charge on any atom is 0.158 e. The smallest absolute Gasteiger partial charge is 0.158 e. The highest BCUT2D eigenvalue weighted by Gasteiger charge is 2.09. The molecule has 0 radical (unpaired) electrons. The molecule has 2 aromatic heterocycles. The van der Waals surface area contributed by atoms with Crippen LogP contribution in [-0.2, 0) is 0 Å². The molecule has 0 aliphatic carbocycles. The van der Waals surface area contributed by atoms with Crippen LogP contribution >= 0.6 is 50.4 Å². The average Bonchev–Trinajstić information content (AvgIpc) is 3.14. The first kappa shape index (κ1) is 14.4. The SMILES string of the molecule is Brc1ccc(-c2csc(Sc3nc4ccccc4s3)n2)cc1. The van der Waals surface area contributed by atoms with Gasteiger partial charge >= 0.3 is 0 Å². The van der Waals surface area contributed by atoms with E-state index in [1.165, 1.54) is 4.70 Å². The molecule has 22 heavy (non-hydrogen) atoms. The largest absolute Gasteiger partial charge is 0.229 e. The van der Waals surface area contributed by atoms with Gasteiger partial charge in [0.15, 0.2) is 8.68 Å². The molecule has 0 fully saturated rings. The Morgan fingerprint density at radius 1 is 0.909 bits per heavy atom. The zero-order valence-electron chi connectivity index (χ0n) is 11.2. The summed E-state index contributed by atoms with van der Waals surface area (Å²) in [7, 11) is 0. The van der Waals surface area contributed by atoms with Crippen molar-refractivity contribution in [1.82, 2.24) is 9.97 Å². The molecule has 0 saturated carbocycles. The van der Waals surface area contributed by atoms with E-state index in [1.807, 2.05) is 30.3 Å². The average molecular weight is 405 g/mol. The third-order valence-corrected chi connectivity index (χ3v) is 6.64. The Balaban J connectivity index is 1.60. The first-order valence-electron chi connectivity index (χ1n) is 6.53. The molecule has 4 aromatic rings. The van der Waals surface area contributed by atoms with Gasteiger partial charge in [0.1, 0.15) is 0 Å². The van der Waals surface area contributed by atoms with Crippen LogP contribution in [0.15, 0.2) is 67.1 Å². The number of hydrogen-bond acceptors (Lipinski definition) is 5. The summed E-state index contributed by atoms with van der Waals surface area (Å²) >= 11 is 8.46. The molecule has 2 heterocycles. The lowest BCUT2D eigenvalue weighted by molar-refractivity contribution is 1.23. The lowest BCUT2D eigenvalue weighted by Crippen LogP contribution is -1.77. The van der Waals surface area contributed by atoms with E-state index in [9.17, 15) is 0 Å². The Labute approximate surface area is 148 Å². The van der Waals surface area contributed by atoms with E-state index in [4.69, 9.17) is 4.98 Å². The number of thiazole rings is 2. The molecular weight excluding hydrogens is 396 g/mol. The predicted molar refractivity (Wildman–Crippen MR) is 99.0 cm³/mol. The fourth-order valence-electron chi connectivity index (χ4n) is 2.03. The summed E-state index contributed by atoms with van der Waals surface area (Å²) in [6.45, 7) is 0. The highest BCUT2D eigenvalue weighted by molar-refractivity contribution is 9.10. The minimum absolute atomic E-state index is 1.01. The second-order valence-electron chi connectivity index (χ2n) is 4.56. The molecule has 0 aliphatic rings. The fraction of sp³-hybridized carbons (Fsp3) is 0. The summed E-state index contributed by atoms with van der Waals surface area (Å²) in [4.78, 5) is 9.35. The van der Waals surface area contributed by atoms with Crippen molar-refractivity contribution < 1.29 is 0 Å². The highest BCUT2D eigenvalue weighted by Crippen LogP contribution is 2.37. The Hall–Kier alpha value is -1.21. The lowest BCUT2D eigenvalue weighted by Gasteiger charge is -1.96. The molecular formula is C16H9BrN2S3. The minimum Gasteiger partial charge on any atom is -0.229 e. The van der Waals surface area contributed by atoms with Crippen LogP contribution in [0.2, 0.25) is 0 Å². The van der Waals surface area contributed by atoms with Gasteiger partial charge in [0.2, 0.25) is 0 Å². The number of nitrogens with zero attached hydrogens (tertiary/aromatic N) is 2. The van der Waals surface area contributed by atoms with Gasteiger partial charge in [0.05, 0.1) is 15.9 Å². The molecule has 2 aromatic carbocycles. The number of benzene rings is 2. The number of para-hydroxylation sites is 1. The number of aromatic nitrogens is 2. The van der Waals surface area contributed by atoms with Gasteiger partial charge in [0, 0.05) is 15.4 Å². The molecule has 2 nitrogen and oxygen atoms in total. The van der Waals surface area contributed by atoms with Crippen LogP contribution in [0.25, 0.3) is 21.5 Å². The monoisotopic (exact) mass is 404 g/mol. The number of hydrogen-bond donors (Lipinski definition) is 0. The van der Waals surface area contributed by atoms with Gasteiger partial charge in [-0.3, -0.25) is 0 Å². The van der Waals surface area contributed by atoms with E-state index in [1.54, 1.807) is 34.4 Å². The summed E-state index contributed by atoms with van der Waals surface area (Å²) in [6, 6.07) is 16.4. The van der Waals surface area contributed by atoms with Gasteiger partial charge in [-0.05, 0) is 36.0 Å². The molecule has 0 unspecified atom stereocenters. The van der Waals surface area contributed by atoms with E-state index >= 15 is 0 Å². The molecule has 6 heteroatoms. The minimum atomic E-state index is 1.01. The molecule has 0 saturated heterocycles. The predicted octanol–water partition coefficient (Wildman–Crippen LogP) is 6.33. The van der Waals surface area contributed by atoms with Gasteiger partial charge in [-0.2, -0.15) is 0 Å². The molecule has 0 amide bonds. The molecule has 0 N–H and O–H groups in total. The van der Waals surface area contributed by atoms with Crippen molar-refractivity contribution in [2.45, 2.75) is 8.68 Å². The van der Waals surface area contributed by atoms with Crippen LogP contribution in [0.3, 0.4) is 0 Å². The van der Waals surface area contributed by atoms with Gasteiger partial charge in [0.25, 0.3) is 0 Å². The standard InChI is InChI=1S/C16H9BrN2S3/c17-11-7-5-10(6-8-11)13-9-20-15(19-13)22-16-18-12-3-1-2-4-14(12)21-16/h1-9H. The lowest BCUT2D eigenvalue weighted by atomic mass is 10.2. The van der Waals surface area contributed by atoms with Crippen LogP contribution in [-0.4, -0.2) is 9.97 Å². The van der Waals surface area contributed by atoms with Crippen molar-refractivity contribution in [1.29, 1.82) is 0 Å². The normalized spacial score (nSPS) is 11.1. The Kier molecular flexibility index (Phi) is 4.00.